The van der Waals surface area contributed by atoms with Crippen molar-refractivity contribution < 1.29 is 9.90 Å². The monoisotopic (exact) mass is 270 g/mol. The molecule has 0 fully saturated rings. The minimum absolute atomic E-state index is 0.0773. The topological polar surface area (TPSA) is 61.4 Å². The summed E-state index contributed by atoms with van der Waals surface area (Å²) in [6.07, 6.45) is 0. The average Bonchev–Trinajstić information content (AvgIpc) is 2.24. The lowest BCUT2D eigenvalue weighted by atomic mass is 10.1. The zero-order valence-corrected chi connectivity index (χ0v) is 11.6. The summed E-state index contributed by atoms with van der Waals surface area (Å²) in [6, 6.07) is 4.90. The molecule has 1 aromatic rings. The molecule has 0 spiro atoms. The van der Waals surface area contributed by atoms with E-state index in [0.717, 1.165) is 18.8 Å². The Labute approximate surface area is 112 Å². The fraction of sp³-hybridized carbons (Fsp3) is 0.462. The predicted molar refractivity (Wildman–Crippen MR) is 74.7 cm³/mol. The SMILES string of the molecule is CC(C)(C)NCCNc1ccc(Cl)c(C(=O)O)c1. The maximum absolute atomic E-state index is 10.9. The first kappa shape index (κ1) is 14.8. The third-order valence-electron chi connectivity index (χ3n) is 2.31. The summed E-state index contributed by atoms with van der Waals surface area (Å²) in [7, 11) is 0. The molecule has 0 saturated heterocycles. The zero-order valence-electron chi connectivity index (χ0n) is 10.9. The van der Waals surface area contributed by atoms with Crippen molar-refractivity contribution in [2.45, 2.75) is 26.3 Å². The second-order valence-electron chi connectivity index (χ2n) is 5.10. The molecule has 0 aromatic heterocycles. The van der Waals surface area contributed by atoms with Crippen molar-refractivity contribution in [1.82, 2.24) is 5.32 Å². The number of hydrogen-bond acceptors (Lipinski definition) is 3. The van der Waals surface area contributed by atoms with Gasteiger partial charge in [0, 0.05) is 24.3 Å². The van der Waals surface area contributed by atoms with Gasteiger partial charge >= 0.3 is 5.97 Å². The van der Waals surface area contributed by atoms with Gasteiger partial charge in [-0.2, -0.15) is 0 Å². The summed E-state index contributed by atoms with van der Waals surface area (Å²) in [5.41, 5.74) is 0.950. The van der Waals surface area contributed by atoms with Gasteiger partial charge in [0.25, 0.3) is 0 Å². The highest BCUT2D eigenvalue weighted by Gasteiger charge is 2.10. The van der Waals surface area contributed by atoms with E-state index in [1.165, 1.54) is 0 Å². The van der Waals surface area contributed by atoms with Gasteiger partial charge in [-0.15, -0.1) is 0 Å². The molecule has 0 radical (unpaired) electrons. The fourth-order valence-electron chi connectivity index (χ4n) is 1.44. The van der Waals surface area contributed by atoms with Gasteiger partial charge in [-0.05, 0) is 39.0 Å². The van der Waals surface area contributed by atoms with E-state index in [1.54, 1.807) is 18.2 Å². The van der Waals surface area contributed by atoms with Crippen LogP contribution in [0, 0.1) is 0 Å². The van der Waals surface area contributed by atoms with Gasteiger partial charge in [-0.25, -0.2) is 4.79 Å². The lowest BCUT2D eigenvalue weighted by Crippen LogP contribution is -2.38. The van der Waals surface area contributed by atoms with Crippen LogP contribution in [-0.4, -0.2) is 29.7 Å². The van der Waals surface area contributed by atoms with Crippen molar-refractivity contribution in [3.05, 3.63) is 28.8 Å². The molecule has 1 rings (SSSR count). The molecule has 5 heteroatoms. The summed E-state index contributed by atoms with van der Waals surface area (Å²) < 4.78 is 0. The van der Waals surface area contributed by atoms with Crippen LogP contribution in [0.1, 0.15) is 31.1 Å². The number of benzene rings is 1. The number of aromatic carboxylic acids is 1. The van der Waals surface area contributed by atoms with Crippen LogP contribution in [0.5, 0.6) is 0 Å². The number of hydrogen-bond donors (Lipinski definition) is 3. The van der Waals surface area contributed by atoms with Crippen LogP contribution in [0.25, 0.3) is 0 Å². The van der Waals surface area contributed by atoms with E-state index < -0.39 is 5.97 Å². The van der Waals surface area contributed by atoms with Crippen LogP contribution in [0.15, 0.2) is 18.2 Å². The summed E-state index contributed by atoms with van der Waals surface area (Å²) in [6.45, 7) is 7.81. The first-order valence-electron chi connectivity index (χ1n) is 5.81. The van der Waals surface area contributed by atoms with Gasteiger partial charge in [0.1, 0.15) is 0 Å². The molecule has 0 atom stereocenters. The van der Waals surface area contributed by atoms with Crippen molar-refractivity contribution >= 4 is 23.3 Å². The molecule has 0 amide bonds. The van der Waals surface area contributed by atoms with Crippen LogP contribution < -0.4 is 10.6 Å². The van der Waals surface area contributed by atoms with E-state index in [-0.39, 0.29) is 16.1 Å². The Balaban J connectivity index is 2.53. The Morgan fingerprint density at radius 2 is 2.00 bits per heavy atom. The highest BCUT2D eigenvalue weighted by molar-refractivity contribution is 6.33. The fourth-order valence-corrected chi connectivity index (χ4v) is 1.64. The lowest BCUT2D eigenvalue weighted by molar-refractivity contribution is 0.0697. The summed E-state index contributed by atoms with van der Waals surface area (Å²) >= 11 is 5.79. The zero-order chi connectivity index (χ0) is 13.8. The Kier molecular flexibility index (Phi) is 4.99. The molecular formula is C13H19ClN2O2. The minimum atomic E-state index is -1.02. The standard InChI is InChI=1S/C13H19ClN2O2/c1-13(2,3)16-7-6-15-9-4-5-11(14)10(8-9)12(17)18/h4-5,8,15-16H,6-7H2,1-3H3,(H,17,18). The highest BCUT2D eigenvalue weighted by atomic mass is 35.5. The van der Waals surface area contributed by atoms with Crippen LogP contribution in [0.2, 0.25) is 5.02 Å². The van der Waals surface area contributed by atoms with Crippen LogP contribution >= 0.6 is 11.6 Å². The van der Waals surface area contributed by atoms with E-state index in [4.69, 9.17) is 16.7 Å². The van der Waals surface area contributed by atoms with Crippen LogP contribution in [-0.2, 0) is 0 Å². The summed E-state index contributed by atoms with van der Waals surface area (Å²) in [5.74, 6) is -1.02. The predicted octanol–water partition coefficient (Wildman–Crippen LogP) is 2.84. The molecule has 4 nitrogen and oxygen atoms in total. The Morgan fingerprint density at radius 3 is 2.56 bits per heavy atom. The molecule has 3 N–H and O–H groups in total. The van der Waals surface area contributed by atoms with Gasteiger partial charge in [0.15, 0.2) is 0 Å². The second kappa shape index (κ2) is 6.07. The number of carbonyl (C=O) groups is 1. The van der Waals surface area contributed by atoms with Gasteiger partial charge < -0.3 is 15.7 Å². The maximum atomic E-state index is 10.9. The molecule has 0 saturated carbocycles. The highest BCUT2D eigenvalue weighted by Crippen LogP contribution is 2.20. The molecule has 0 aliphatic heterocycles. The summed E-state index contributed by atoms with van der Waals surface area (Å²) in [4.78, 5) is 10.9. The molecule has 0 aliphatic rings. The van der Waals surface area contributed by atoms with E-state index >= 15 is 0 Å². The molecule has 18 heavy (non-hydrogen) atoms. The molecule has 0 aliphatic carbocycles. The van der Waals surface area contributed by atoms with E-state index in [9.17, 15) is 4.79 Å². The number of anilines is 1. The van der Waals surface area contributed by atoms with E-state index in [0.29, 0.717) is 0 Å². The first-order chi connectivity index (χ1) is 8.29. The normalized spacial score (nSPS) is 11.3. The van der Waals surface area contributed by atoms with Crippen molar-refractivity contribution in [3.63, 3.8) is 0 Å². The number of rotatable bonds is 5. The van der Waals surface area contributed by atoms with Crippen LogP contribution in [0.3, 0.4) is 0 Å². The van der Waals surface area contributed by atoms with Gasteiger partial charge in [-0.3, -0.25) is 0 Å². The van der Waals surface area contributed by atoms with Gasteiger partial charge in [0.05, 0.1) is 10.6 Å². The minimum Gasteiger partial charge on any atom is -0.478 e. The van der Waals surface area contributed by atoms with Crippen molar-refractivity contribution in [2.75, 3.05) is 18.4 Å². The number of nitrogens with one attached hydrogen (secondary N) is 2. The Morgan fingerprint density at radius 1 is 1.33 bits per heavy atom. The number of halogens is 1. The van der Waals surface area contributed by atoms with Gasteiger partial charge in [-0.1, -0.05) is 11.6 Å². The average molecular weight is 271 g/mol. The quantitative estimate of drug-likeness (QED) is 0.720. The molecule has 0 heterocycles. The van der Waals surface area contributed by atoms with E-state index in [2.05, 4.69) is 31.4 Å². The molecule has 100 valence electrons. The summed E-state index contributed by atoms with van der Waals surface area (Å²) in [5, 5.41) is 15.7. The third-order valence-corrected chi connectivity index (χ3v) is 2.64. The first-order valence-corrected chi connectivity index (χ1v) is 6.19. The van der Waals surface area contributed by atoms with Crippen LogP contribution in [0.4, 0.5) is 5.69 Å². The van der Waals surface area contributed by atoms with Crippen molar-refractivity contribution in [2.24, 2.45) is 0 Å². The van der Waals surface area contributed by atoms with Crippen molar-refractivity contribution in [1.29, 1.82) is 0 Å². The number of carboxylic acid groups (broad SMARTS) is 1. The smallest absolute Gasteiger partial charge is 0.337 e. The Bertz CT molecular complexity index is 427. The van der Waals surface area contributed by atoms with E-state index in [1.807, 2.05) is 0 Å². The number of carboxylic acids is 1. The Hall–Kier alpha value is -1.26. The second-order valence-corrected chi connectivity index (χ2v) is 5.51. The molecular weight excluding hydrogens is 252 g/mol. The lowest BCUT2D eigenvalue weighted by Gasteiger charge is -2.20. The van der Waals surface area contributed by atoms with Gasteiger partial charge in [0.2, 0.25) is 0 Å². The van der Waals surface area contributed by atoms with Crippen molar-refractivity contribution in [3.8, 4) is 0 Å². The molecule has 1 aromatic carbocycles. The third kappa shape index (κ3) is 4.94. The largest absolute Gasteiger partial charge is 0.478 e. The maximum Gasteiger partial charge on any atom is 0.337 e. The molecule has 0 unspecified atom stereocenters. The molecule has 0 bridgehead atoms.